The summed E-state index contributed by atoms with van der Waals surface area (Å²) in [7, 11) is 1.86. The van der Waals surface area contributed by atoms with Crippen molar-refractivity contribution >= 4 is 23.6 Å². The van der Waals surface area contributed by atoms with Gasteiger partial charge in [0.05, 0.1) is 0 Å². The van der Waals surface area contributed by atoms with Gasteiger partial charge in [0.25, 0.3) is 0 Å². The molecule has 5 nitrogen and oxygen atoms in total. The number of likely N-dealkylation sites (tertiary alicyclic amines) is 1. The molecule has 0 aromatic rings. The van der Waals surface area contributed by atoms with Gasteiger partial charge in [0, 0.05) is 39.1 Å². The number of hydrogen-bond donors (Lipinski definition) is 2. The van der Waals surface area contributed by atoms with Crippen LogP contribution in [0.4, 0.5) is 0 Å². The number of piperidine rings is 1. The van der Waals surface area contributed by atoms with Crippen LogP contribution < -0.4 is 10.6 Å². The van der Waals surface area contributed by atoms with Crippen LogP contribution in [0, 0.1) is 0 Å². The molecule has 0 aromatic carbocycles. The third-order valence-electron chi connectivity index (χ3n) is 3.09. The maximum atomic E-state index is 11.4. The molecule has 0 aliphatic carbocycles. The molecule has 1 aliphatic rings. The Morgan fingerprint density at radius 1 is 1.58 bits per heavy atom. The molecule has 2 N–H and O–H groups in total. The summed E-state index contributed by atoms with van der Waals surface area (Å²) >= 11 is 1.85. The fourth-order valence-corrected chi connectivity index (χ4v) is 2.46. The highest BCUT2D eigenvalue weighted by Gasteiger charge is 2.23. The summed E-state index contributed by atoms with van der Waals surface area (Å²) in [4.78, 5) is 17.8. The molecule has 0 saturated carbocycles. The number of thioether (sulfide) groups is 1. The molecular weight excluding hydrogens is 260 g/mol. The molecule has 0 bridgehead atoms. The Morgan fingerprint density at radius 2 is 2.37 bits per heavy atom. The van der Waals surface area contributed by atoms with E-state index in [-0.39, 0.29) is 5.91 Å². The number of nitrogens with zero attached hydrogens (tertiary/aromatic N) is 2. The van der Waals surface area contributed by atoms with Crippen molar-refractivity contribution in [3.8, 4) is 0 Å². The first-order valence-corrected chi connectivity index (χ1v) is 8.34. The molecule has 1 saturated heterocycles. The van der Waals surface area contributed by atoms with Gasteiger partial charge in [0.15, 0.2) is 5.96 Å². The van der Waals surface area contributed by atoms with E-state index in [4.69, 9.17) is 0 Å². The minimum atomic E-state index is 0.236. The summed E-state index contributed by atoms with van der Waals surface area (Å²) < 4.78 is 0. The molecule has 1 rings (SSSR count). The second kappa shape index (κ2) is 9.07. The molecule has 6 heteroatoms. The van der Waals surface area contributed by atoms with Gasteiger partial charge in [0.1, 0.15) is 0 Å². The van der Waals surface area contributed by atoms with Gasteiger partial charge in [-0.1, -0.05) is 0 Å². The van der Waals surface area contributed by atoms with Crippen LogP contribution in [0.2, 0.25) is 0 Å². The fourth-order valence-electron chi connectivity index (χ4n) is 2.04. The van der Waals surface area contributed by atoms with E-state index in [9.17, 15) is 4.79 Å². The average Bonchev–Trinajstić information content (AvgIpc) is 2.39. The van der Waals surface area contributed by atoms with Gasteiger partial charge in [-0.05, 0) is 31.8 Å². The maximum Gasteiger partial charge on any atom is 0.222 e. The number of carbonyl (C=O) groups excluding carboxylic acids is 1. The normalized spacial score (nSPS) is 20.6. The summed E-state index contributed by atoms with van der Waals surface area (Å²) in [5, 5.41) is 6.68. The van der Waals surface area contributed by atoms with Gasteiger partial charge in [-0.2, -0.15) is 11.8 Å². The van der Waals surface area contributed by atoms with Crippen LogP contribution in [0.5, 0.6) is 0 Å². The largest absolute Gasteiger partial charge is 0.357 e. The third-order valence-corrected chi connectivity index (χ3v) is 3.79. The van der Waals surface area contributed by atoms with Crippen molar-refractivity contribution in [2.45, 2.75) is 32.2 Å². The lowest BCUT2D eigenvalue weighted by Crippen LogP contribution is -2.51. The van der Waals surface area contributed by atoms with Gasteiger partial charge >= 0.3 is 0 Å². The first-order chi connectivity index (χ1) is 9.17. The Hall–Kier alpha value is -0.910. The Labute approximate surface area is 120 Å². The van der Waals surface area contributed by atoms with Crippen molar-refractivity contribution < 1.29 is 4.79 Å². The molecule has 0 aromatic heterocycles. The Morgan fingerprint density at radius 3 is 3.00 bits per heavy atom. The highest BCUT2D eigenvalue weighted by molar-refractivity contribution is 7.98. The van der Waals surface area contributed by atoms with Crippen LogP contribution in [0.1, 0.15) is 26.2 Å². The van der Waals surface area contributed by atoms with Crippen molar-refractivity contribution in [2.24, 2.45) is 4.99 Å². The van der Waals surface area contributed by atoms with Gasteiger partial charge in [0.2, 0.25) is 5.91 Å². The summed E-state index contributed by atoms with van der Waals surface area (Å²) in [6, 6.07) is 0.307. The van der Waals surface area contributed by atoms with Crippen LogP contribution in [0.15, 0.2) is 4.99 Å². The van der Waals surface area contributed by atoms with E-state index < -0.39 is 0 Å². The topological polar surface area (TPSA) is 56.7 Å². The van der Waals surface area contributed by atoms with E-state index in [1.165, 1.54) is 0 Å². The van der Waals surface area contributed by atoms with Crippen LogP contribution >= 0.6 is 11.8 Å². The number of amides is 1. The quantitative estimate of drug-likeness (QED) is 0.433. The van der Waals surface area contributed by atoms with Crippen molar-refractivity contribution in [3.05, 3.63) is 0 Å². The van der Waals surface area contributed by atoms with E-state index in [1.54, 1.807) is 4.90 Å². The third kappa shape index (κ3) is 6.18. The summed E-state index contributed by atoms with van der Waals surface area (Å²) in [5.74, 6) is 2.25. The number of nitrogens with one attached hydrogen (secondary N) is 2. The molecule has 1 heterocycles. The maximum absolute atomic E-state index is 11.4. The number of aliphatic imine (C=N–C) groups is 1. The minimum absolute atomic E-state index is 0.236. The molecule has 19 heavy (non-hydrogen) atoms. The van der Waals surface area contributed by atoms with E-state index in [2.05, 4.69) is 28.8 Å². The van der Waals surface area contributed by atoms with Crippen LogP contribution in [-0.2, 0) is 4.79 Å². The molecule has 1 aliphatic heterocycles. The van der Waals surface area contributed by atoms with Crippen molar-refractivity contribution in [2.75, 3.05) is 38.7 Å². The Kier molecular flexibility index (Phi) is 7.70. The highest BCUT2D eigenvalue weighted by Crippen LogP contribution is 2.09. The highest BCUT2D eigenvalue weighted by atomic mass is 32.2. The van der Waals surface area contributed by atoms with Gasteiger partial charge in [-0.15, -0.1) is 0 Å². The molecule has 1 unspecified atom stereocenters. The van der Waals surface area contributed by atoms with Gasteiger partial charge in [-0.3, -0.25) is 9.79 Å². The number of rotatable bonds is 6. The second-order valence-electron chi connectivity index (χ2n) is 4.76. The Bertz CT molecular complexity index is 309. The second-order valence-corrected chi connectivity index (χ2v) is 5.75. The molecule has 0 radical (unpaired) electrons. The monoisotopic (exact) mass is 286 g/mol. The lowest BCUT2D eigenvalue weighted by atomic mass is 10.1. The zero-order chi connectivity index (χ0) is 14.1. The number of carbonyl (C=O) groups is 1. The molecule has 110 valence electrons. The zero-order valence-corrected chi connectivity index (χ0v) is 13.1. The number of guanidine groups is 1. The summed E-state index contributed by atoms with van der Waals surface area (Å²) in [6.07, 6.45) is 4.72. The molecule has 0 spiro atoms. The van der Waals surface area contributed by atoms with Crippen LogP contribution in [-0.4, -0.2) is 61.5 Å². The lowest BCUT2D eigenvalue weighted by molar-refractivity contribution is -0.132. The van der Waals surface area contributed by atoms with E-state index in [0.29, 0.717) is 12.5 Å². The minimum Gasteiger partial charge on any atom is -0.357 e. The zero-order valence-electron chi connectivity index (χ0n) is 12.2. The van der Waals surface area contributed by atoms with Gasteiger partial charge < -0.3 is 15.5 Å². The summed E-state index contributed by atoms with van der Waals surface area (Å²) in [5.41, 5.74) is 0. The molecule has 1 atom stereocenters. The number of hydrogen-bond acceptors (Lipinski definition) is 3. The lowest BCUT2D eigenvalue weighted by Gasteiger charge is -2.31. The van der Waals surface area contributed by atoms with Crippen LogP contribution in [0.25, 0.3) is 0 Å². The van der Waals surface area contributed by atoms with Crippen molar-refractivity contribution in [3.63, 3.8) is 0 Å². The fraction of sp³-hybridized carbons (Fsp3) is 0.846. The Balaban J connectivity index is 2.41. The SMILES string of the molecule is CCNC(=NCCCSC)NC1CCC(=O)N(C)C1. The predicted octanol–water partition coefficient (Wildman–Crippen LogP) is 0.915. The van der Waals surface area contributed by atoms with Gasteiger partial charge in [-0.25, -0.2) is 0 Å². The smallest absolute Gasteiger partial charge is 0.222 e. The standard InChI is InChI=1S/C13H26N4OS/c1-4-14-13(15-8-5-9-19-3)16-11-6-7-12(18)17(2)10-11/h11H,4-10H2,1-3H3,(H2,14,15,16). The molecule has 1 fully saturated rings. The van der Waals surface area contributed by atoms with E-state index >= 15 is 0 Å². The van der Waals surface area contributed by atoms with E-state index in [1.807, 2.05) is 18.8 Å². The van der Waals surface area contributed by atoms with E-state index in [0.717, 1.165) is 44.2 Å². The first kappa shape index (κ1) is 16.1. The van der Waals surface area contributed by atoms with Crippen molar-refractivity contribution in [1.29, 1.82) is 0 Å². The first-order valence-electron chi connectivity index (χ1n) is 6.95. The average molecular weight is 286 g/mol. The molecule has 1 amide bonds. The summed E-state index contributed by atoms with van der Waals surface area (Å²) in [6.45, 7) is 4.52. The predicted molar refractivity (Wildman–Crippen MR) is 82.8 cm³/mol. The van der Waals surface area contributed by atoms with Crippen LogP contribution in [0.3, 0.4) is 0 Å². The van der Waals surface area contributed by atoms with Crippen molar-refractivity contribution in [1.82, 2.24) is 15.5 Å². The number of likely N-dealkylation sites (N-methyl/N-ethyl adjacent to an activating group) is 1. The molecular formula is C13H26N4OS.